The second kappa shape index (κ2) is 6.02. The van der Waals surface area contributed by atoms with Crippen LogP contribution in [0, 0.1) is 11.3 Å². The van der Waals surface area contributed by atoms with Crippen molar-refractivity contribution in [1.29, 1.82) is 0 Å². The molecule has 5 heteroatoms. The fraction of sp³-hybridized carbons (Fsp3) is 0.867. The van der Waals surface area contributed by atoms with Gasteiger partial charge in [-0.15, -0.1) is 0 Å². The van der Waals surface area contributed by atoms with E-state index in [1.165, 1.54) is 24.2 Å². The third kappa shape index (κ3) is 3.25. The highest BCUT2D eigenvalue weighted by atomic mass is 16.4. The third-order valence-electron chi connectivity index (χ3n) is 4.94. The summed E-state index contributed by atoms with van der Waals surface area (Å²) in [6.45, 7) is 5.31. The molecule has 0 radical (unpaired) electrons. The molecule has 1 aliphatic heterocycles. The van der Waals surface area contributed by atoms with Crippen LogP contribution >= 0.6 is 0 Å². The predicted octanol–water partition coefficient (Wildman–Crippen LogP) is 2.46. The highest BCUT2D eigenvalue weighted by Crippen LogP contribution is 2.35. The molecule has 0 aromatic heterocycles. The molecule has 1 aliphatic carbocycles. The minimum absolute atomic E-state index is 0.0310. The molecule has 0 aromatic rings. The Morgan fingerprint density at radius 3 is 2.55 bits per heavy atom. The average Bonchev–Trinajstić information content (AvgIpc) is 2.79. The summed E-state index contributed by atoms with van der Waals surface area (Å²) >= 11 is 0. The van der Waals surface area contributed by atoms with Gasteiger partial charge in [0.25, 0.3) is 0 Å². The van der Waals surface area contributed by atoms with Crippen molar-refractivity contribution in [2.24, 2.45) is 11.3 Å². The number of carboxylic acids is 1. The van der Waals surface area contributed by atoms with Gasteiger partial charge < -0.3 is 15.3 Å². The summed E-state index contributed by atoms with van der Waals surface area (Å²) in [5.41, 5.74) is 0.179. The fourth-order valence-corrected chi connectivity index (χ4v) is 3.52. The lowest BCUT2D eigenvalue weighted by Crippen LogP contribution is -2.49. The average molecular weight is 282 g/mol. The van der Waals surface area contributed by atoms with Crippen molar-refractivity contribution >= 4 is 12.0 Å². The van der Waals surface area contributed by atoms with Crippen LogP contribution in [0.4, 0.5) is 4.79 Å². The van der Waals surface area contributed by atoms with E-state index in [9.17, 15) is 14.7 Å². The van der Waals surface area contributed by atoms with Crippen LogP contribution in [0.3, 0.4) is 0 Å². The van der Waals surface area contributed by atoms with E-state index < -0.39 is 12.0 Å². The number of likely N-dealkylation sites (tertiary alicyclic amines) is 1. The van der Waals surface area contributed by atoms with Gasteiger partial charge in [-0.3, -0.25) is 0 Å². The number of urea groups is 1. The lowest BCUT2D eigenvalue weighted by Gasteiger charge is -2.34. The minimum atomic E-state index is -0.894. The van der Waals surface area contributed by atoms with Crippen LogP contribution < -0.4 is 5.32 Å². The molecule has 2 amide bonds. The van der Waals surface area contributed by atoms with Gasteiger partial charge in [0.05, 0.1) is 0 Å². The lowest BCUT2D eigenvalue weighted by atomic mass is 9.76. The van der Waals surface area contributed by atoms with Crippen LogP contribution in [0.1, 0.15) is 52.4 Å². The summed E-state index contributed by atoms with van der Waals surface area (Å²) in [7, 11) is 0. The number of carbonyl (C=O) groups is 2. The SMILES string of the molecule is CC1CCN(C(=O)NCC2(C)CCCCC2)C1C(=O)O. The first kappa shape index (κ1) is 15.1. The molecular formula is C15H26N2O3. The van der Waals surface area contributed by atoms with E-state index in [-0.39, 0.29) is 17.4 Å². The van der Waals surface area contributed by atoms with Gasteiger partial charge in [0, 0.05) is 13.1 Å². The van der Waals surface area contributed by atoms with Crippen LogP contribution in [-0.2, 0) is 4.79 Å². The van der Waals surface area contributed by atoms with Crippen LogP contribution in [0.2, 0.25) is 0 Å². The first-order chi connectivity index (χ1) is 9.43. The fourth-order valence-electron chi connectivity index (χ4n) is 3.52. The van der Waals surface area contributed by atoms with Crippen LogP contribution in [0.25, 0.3) is 0 Å². The van der Waals surface area contributed by atoms with E-state index >= 15 is 0 Å². The van der Waals surface area contributed by atoms with Crippen LogP contribution in [-0.4, -0.2) is 41.1 Å². The van der Waals surface area contributed by atoms with Crippen molar-refractivity contribution in [3.8, 4) is 0 Å². The van der Waals surface area contributed by atoms with E-state index in [2.05, 4.69) is 12.2 Å². The Labute approximate surface area is 120 Å². The highest BCUT2D eigenvalue weighted by molar-refractivity contribution is 5.83. The Kier molecular flexibility index (Phi) is 4.55. The van der Waals surface area contributed by atoms with Gasteiger partial charge in [-0.25, -0.2) is 9.59 Å². The van der Waals surface area contributed by atoms with E-state index in [1.54, 1.807) is 0 Å². The topological polar surface area (TPSA) is 69.6 Å². The number of nitrogens with one attached hydrogen (secondary N) is 1. The summed E-state index contributed by atoms with van der Waals surface area (Å²) in [5.74, 6) is -0.863. The van der Waals surface area contributed by atoms with E-state index in [0.717, 1.165) is 19.3 Å². The summed E-state index contributed by atoms with van der Waals surface area (Å²) < 4.78 is 0. The molecule has 2 atom stereocenters. The molecule has 2 rings (SSSR count). The molecule has 0 aromatic carbocycles. The maximum atomic E-state index is 12.2. The molecule has 114 valence electrons. The van der Waals surface area contributed by atoms with Gasteiger partial charge in [0.2, 0.25) is 0 Å². The largest absolute Gasteiger partial charge is 0.480 e. The van der Waals surface area contributed by atoms with Gasteiger partial charge in [-0.05, 0) is 30.6 Å². The van der Waals surface area contributed by atoms with E-state index in [1.807, 2.05) is 6.92 Å². The zero-order chi connectivity index (χ0) is 14.8. The van der Waals surface area contributed by atoms with Crippen molar-refractivity contribution in [2.75, 3.05) is 13.1 Å². The molecule has 2 aliphatic rings. The predicted molar refractivity (Wildman–Crippen MR) is 76.5 cm³/mol. The van der Waals surface area contributed by atoms with E-state index in [0.29, 0.717) is 13.1 Å². The van der Waals surface area contributed by atoms with Gasteiger partial charge in [0.1, 0.15) is 6.04 Å². The third-order valence-corrected chi connectivity index (χ3v) is 4.94. The Morgan fingerprint density at radius 1 is 1.30 bits per heavy atom. The van der Waals surface area contributed by atoms with Gasteiger partial charge in [-0.2, -0.15) is 0 Å². The first-order valence-corrected chi connectivity index (χ1v) is 7.70. The monoisotopic (exact) mass is 282 g/mol. The second-order valence-corrected chi connectivity index (χ2v) is 6.77. The molecule has 1 saturated carbocycles. The summed E-state index contributed by atoms with van der Waals surface area (Å²) in [5, 5.41) is 12.2. The number of hydrogen-bond donors (Lipinski definition) is 2. The summed E-state index contributed by atoms with van der Waals surface area (Å²) in [6, 6.07) is -0.886. The Bertz CT molecular complexity index is 377. The number of aliphatic carboxylic acids is 1. The molecule has 1 heterocycles. The lowest BCUT2D eigenvalue weighted by molar-refractivity contribution is -0.142. The van der Waals surface area contributed by atoms with Gasteiger partial charge in [-0.1, -0.05) is 33.1 Å². The molecule has 0 spiro atoms. The first-order valence-electron chi connectivity index (χ1n) is 7.70. The van der Waals surface area contributed by atoms with Crippen LogP contribution in [0.5, 0.6) is 0 Å². The molecular weight excluding hydrogens is 256 g/mol. The Hall–Kier alpha value is -1.26. The quantitative estimate of drug-likeness (QED) is 0.835. The van der Waals surface area contributed by atoms with Crippen LogP contribution in [0.15, 0.2) is 0 Å². The molecule has 0 bridgehead atoms. The molecule has 5 nitrogen and oxygen atoms in total. The van der Waals surface area contributed by atoms with Crippen molar-refractivity contribution < 1.29 is 14.7 Å². The molecule has 1 saturated heterocycles. The zero-order valence-corrected chi connectivity index (χ0v) is 12.5. The summed E-state index contributed by atoms with van der Waals surface area (Å²) in [4.78, 5) is 25.0. The zero-order valence-electron chi connectivity index (χ0n) is 12.5. The second-order valence-electron chi connectivity index (χ2n) is 6.77. The van der Waals surface area contributed by atoms with Crippen molar-refractivity contribution in [3.63, 3.8) is 0 Å². The molecule has 2 unspecified atom stereocenters. The Balaban J connectivity index is 1.89. The number of hydrogen-bond acceptors (Lipinski definition) is 2. The number of carboxylic acid groups (broad SMARTS) is 1. The van der Waals surface area contributed by atoms with Crippen molar-refractivity contribution in [3.05, 3.63) is 0 Å². The summed E-state index contributed by atoms with van der Waals surface area (Å²) in [6.07, 6.45) is 6.80. The van der Waals surface area contributed by atoms with Crippen molar-refractivity contribution in [2.45, 2.75) is 58.4 Å². The smallest absolute Gasteiger partial charge is 0.326 e. The maximum absolute atomic E-state index is 12.2. The van der Waals surface area contributed by atoms with E-state index in [4.69, 9.17) is 0 Å². The Morgan fingerprint density at radius 2 is 1.95 bits per heavy atom. The maximum Gasteiger partial charge on any atom is 0.326 e. The minimum Gasteiger partial charge on any atom is -0.480 e. The number of carbonyl (C=O) groups excluding carboxylic acids is 1. The standard InChI is InChI=1S/C15H26N2O3/c1-11-6-9-17(12(11)13(18)19)14(20)16-10-15(2)7-4-3-5-8-15/h11-12H,3-10H2,1-2H3,(H,16,20)(H,18,19). The number of amides is 2. The molecule has 2 fully saturated rings. The van der Waals surface area contributed by atoms with Gasteiger partial charge >= 0.3 is 12.0 Å². The number of rotatable bonds is 3. The molecule has 20 heavy (non-hydrogen) atoms. The normalized spacial score (nSPS) is 29.2. The van der Waals surface area contributed by atoms with Gasteiger partial charge in [0.15, 0.2) is 0 Å². The molecule has 2 N–H and O–H groups in total. The number of nitrogens with zero attached hydrogens (tertiary/aromatic N) is 1. The van der Waals surface area contributed by atoms with Crippen molar-refractivity contribution in [1.82, 2.24) is 10.2 Å². The highest BCUT2D eigenvalue weighted by Gasteiger charge is 2.40.